The van der Waals surface area contributed by atoms with Crippen molar-refractivity contribution >= 4 is 6.21 Å². The van der Waals surface area contributed by atoms with Gasteiger partial charge in [-0.3, -0.25) is 5.43 Å². The lowest BCUT2D eigenvalue weighted by atomic mass is 10.1. The summed E-state index contributed by atoms with van der Waals surface area (Å²) in [5.41, 5.74) is 5.23. The van der Waals surface area contributed by atoms with Crippen LogP contribution in [0.2, 0.25) is 0 Å². The minimum atomic E-state index is 1.05. The molecule has 0 aromatic heterocycles. The predicted octanol–water partition coefficient (Wildman–Crippen LogP) is 2.02. The first-order chi connectivity index (χ1) is 9.24. The first-order valence-corrected chi connectivity index (χ1v) is 6.60. The molecule has 0 aliphatic carbocycles. The number of nitrogens with one attached hydrogen (secondary N) is 2. The molecule has 1 rings (SSSR count). The first-order valence-electron chi connectivity index (χ1n) is 6.60. The van der Waals surface area contributed by atoms with Gasteiger partial charge in [0.1, 0.15) is 0 Å². The largest absolute Gasteiger partial charge is 0.375 e. The maximum Gasteiger partial charge on any atom is 0.0486 e. The van der Waals surface area contributed by atoms with Crippen LogP contribution in [-0.4, -0.2) is 37.3 Å². The van der Waals surface area contributed by atoms with E-state index in [0.717, 1.165) is 31.8 Å². The summed E-state index contributed by atoms with van der Waals surface area (Å²) in [7, 11) is 0. The molecule has 0 bridgehead atoms. The highest BCUT2D eigenvalue weighted by atomic mass is 15.3. The van der Waals surface area contributed by atoms with E-state index in [1.165, 1.54) is 5.57 Å². The fraction of sp³-hybridized carbons (Fsp3) is 0.400. The van der Waals surface area contributed by atoms with E-state index in [9.17, 15) is 0 Å². The third kappa shape index (κ3) is 6.62. The van der Waals surface area contributed by atoms with Crippen LogP contribution in [0.3, 0.4) is 0 Å². The highest BCUT2D eigenvalue weighted by Gasteiger charge is 2.02. The van der Waals surface area contributed by atoms with Gasteiger partial charge in [0.2, 0.25) is 0 Å². The molecule has 104 valence electrons. The van der Waals surface area contributed by atoms with Gasteiger partial charge in [-0.1, -0.05) is 18.7 Å². The molecule has 4 heteroatoms. The SMILES string of the molecule is C=C/C=C(C)/C(C)=C/N/N=C\C=C\N1CCNCC1. The van der Waals surface area contributed by atoms with Crippen LogP contribution >= 0.6 is 0 Å². The van der Waals surface area contributed by atoms with Crippen molar-refractivity contribution in [1.29, 1.82) is 0 Å². The van der Waals surface area contributed by atoms with Crippen molar-refractivity contribution in [2.24, 2.45) is 5.10 Å². The number of piperazine rings is 1. The van der Waals surface area contributed by atoms with Gasteiger partial charge in [0.05, 0.1) is 0 Å². The van der Waals surface area contributed by atoms with Gasteiger partial charge in [-0.05, 0) is 31.1 Å². The fourth-order valence-corrected chi connectivity index (χ4v) is 1.63. The lowest BCUT2D eigenvalue weighted by Crippen LogP contribution is -2.40. The normalized spacial score (nSPS) is 18.3. The molecular formula is C15H24N4. The monoisotopic (exact) mass is 260 g/mol. The van der Waals surface area contributed by atoms with E-state index in [1.54, 1.807) is 12.3 Å². The van der Waals surface area contributed by atoms with E-state index in [1.807, 2.05) is 32.2 Å². The summed E-state index contributed by atoms with van der Waals surface area (Å²) >= 11 is 0. The van der Waals surface area contributed by atoms with Crippen molar-refractivity contribution in [2.75, 3.05) is 26.2 Å². The number of nitrogens with zero attached hydrogens (tertiary/aromatic N) is 2. The van der Waals surface area contributed by atoms with Gasteiger partial charge in [0.25, 0.3) is 0 Å². The lowest BCUT2D eigenvalue weighted by molar-refractivity contribution is 0.324. The Balaban J connectivity index is 2.29. The van der Waals surface area contributed by atoms with Crippen molar-refractivity contribution in [2.45, 2.75) is 13.8 Å². The Morgan fingerprint density at radius 2 is 2.00 bits per heavy atom. The first kappa shape index (κ1) is 15.2. The van der Waals surface area contributed by atoms with Gasteiger partial charge < -0.3 is 10.2 Å². The minimum absolute atomic E-state index is 1.05. The van der Waals surface area contributed by atoms with Crippen LogP contribution in [-0.2, 0) is 0 Å². The van der Waals surface area contributed by atoms with E-state index in [-0.39, 0.29) is 0 Å². The molecule has 0 spiro atoms. The van der Waals surface area contributed by atoms with Crippen LogP contribution in [0.1, 0.15) is 13.8 Å². The molecule has 0 radical (unpaired) electrons. The highest BCUT2D eigenvalue weighted by molar-refractivity contribution is 5.70. The van der Waals surface area contributed by atoms with Crippen LogP contribution in [0, 0.1) is 0 Å². The van der Waals surface area contributed by atoms with Gasteiger partial charge >= 0.3 is 0 Å². The van der Waals surface area contributed by atoms with Crippen LogP contribution in [0.4, 0.5) is 0 Å². The quantitative estimate of drug-likeness (QED) is 0.436. The Bertz CT molecular complexity index is 385. The zero-order valence-corrected chi connectivity index (χ0v) is 11.9. The van der Waals surface area contributed by atoms with Gasteiger partial charge in [0.15, 0.2) is 0 Å². The number of hydrogen-bond donors (Lipinski definition) is 2. The van der Waals surface area contributed by atoms with Crippen LogP contribution < -0.4 is 10.7 Å². The van der Waals surface area contributed by atoms with Crippen molar-refractivity contribution < 1.29 is 0 Å². The molecule has 0 saturated carbocycles. The second-order valence-corrected chi connectivity index (χ2v) is 4.45. The molecule has 0 unspecified atom stereocenters. The van der Waals surface area contributed by atoms with Crippen LogP contribution in [0.15, 0.2) is 53.5 Å². The molecule has 0 amide bonds. The van der Waals surface area contributed by atoms with Gasteiger partial charge in [-0.25, -0.2) is 0 Å². The molecule has 1 aliphatic rings. The summed E-state index contributed by atoms with van der Waals surface area (Å²) in [5, 5.41) is 7.42. The molecule has 2 N–H and O–H groups in total. The molecule has 0 aromatic carbocycles. The van der Waals surface area contributed by atoms with E-state index < -0.39 is 0 Å². The summed E-state index contributed by atoms with van der Waals surface area (Å²) in [6, 6.07) is 0. The Morgan fingerprint density at radius 1 is 1.26 bits per heavy atom. The average molecular weight is 260 g/mol. The second-order valence-electron chi connectivity index (χ2n) is 4.45. The van der Waals surface area contributed by atoms with Gasteiger partial charge in [0, 0.05) is 44.8 Å². The lowest BCUT2D eigenvalue weighted by Gasteiger charge is -2.25. The number of allylic oxidation sites excluding steroid dienone is 5. The fourth-order valence-electron chi connectivity index (χ4n) is 1.63. The van der Waals surface area contributed by atoms with Crippen LogP contribution in [0.5, 0.6) is 0 Å². The maximum absolute atomic E-state index is 4.10. The Kier molecular flexibility index (Phi) is 7.35. The molecule has 4 nitrogen and oxygen atoms in total. The number of hydrogen-bond acceptors (Lipinski definition) is 4. The zero-order valence-electron chi connectivity index (χ0n) is 11.9. The third-order valence-corrected chi connectivity index (χ3v) is 2.95. The summed E-state index contributed by atoms with van der Waals surface area (Å²) in [4.78, 5) is 2.28. The number of rotatable bonds is 6. The summed E-state index contributed by atoms with van der Waals surface area (Å²) in [6.07, 6.45) is 11.4. The molecule has 1 heterocycles. The standard InChI is InChI=1S/C15H24N4/c1-4-6-14(2)15(3)13-18-17-7-5-10-19-11-8-16-9-12-19/h4-7,10,13,16,18H,1,8-9,11-12H2,2-3H3/b10-5+,14-6+,15-13+,17-7-. The smallest absolute Gasteiger partial charge is 0.0486 e. The van der Waals surface area contributed by atoms with E-state index in [0.29, 0.717) is 0 Å². The maximum atomic E-state index is 4.10. The zero-order chi connectivity index (χ0) is 13.9. The highest BCUT2D eigenvalue weighted by Crippen LogP contribution is 2.06. The molecular weight excluding hydrogens is 236 g/mol. The van der Waals surface area contributed by atoms with Crippen molar-refractivity contribution in [3.63, 3.8) is 0 Å². The molecule has 0 aromatic rings. The second kappa shape index (κ2) is 9.16. The Hall–Kier alpha value is -1.81. The van der Waals surface area contributed by atoms with Crippen molar-refractivity contribution in [3.8, 4) is 0 Å². The molecule has 1 saturated heterocycles. The average Bonchev–Trinajstić information content (AvgIpc) is 2.43. The Labute approximate surface area is 116 Å². The van der Waals surface area contributed by atoms with Crippen molar-refractivity contribution in [1.82, 2.24) is 15.6 Å². The summed E-state index contributed by atoms with van der Waals surface area (Å²) in [5.74, 6) is 0. The van der Waals surface area contributed by atoms with E-state index in [4.69, 9.17) is 0 Å². The van der Waals surface area contributed by atoms with E-state index >= 15 is 0 Å². The minimum Gasteiger partial charge on any atom is -0.375 e. The third-order valence-electron chi connectivity index (χ3n) is 2.95. The van der Waals surface area contributed by atoms with E-state index in [2.05, 4.69) is 33.5 Å². The van der Waals surface area contributed by atoms with Crippen molar-refractivity contribution in [3.05, 3.63) is 48.4 Å². The molecule has 0 atom stereocenters. The molecule has 19 heavy (non-hydrogen) atoms. The van der Waals surface area contributed by atoms with Gasteiger partial charge in [-0.15, -0.1) is 0 Å². The Morgan fingerprint density at radius 3 is 2.68 bits per heavy atom. The van der Waals surface area contributed by atoms with Gasteiger partial charge in [-0.2, -0.15) is 5.10 Å². The molecule has 1 fully saturated rings. The summed E-state index contributed by atoms with van der Waals surface area (Å²) < 4.78 is 0. The summed E-state index contributed by atoms with van der Waals surface area (Å²) in [6.45, 7) is 12.0. The van der Waals surface area contributed by atoms with Crippen LogP contribution in [0.25, 0.3) is 0 Å². The number of hydrazone groups is 1. The predicted molar refractivity (Wildman–Crippen MR) is 82.9 cm³/mol. The topological polar surface area (TPSA) is 39.7 Å². The molecule has 1 aliphatic heterocycles.